The number of nitrogens with two attached hydrogens (primary N) is 1. The Morgan fingerprint density at radius 1 is 1.11 bits per heavy atom. The summed E-state index contributed by atoms with van der Waals surface area (Å²) in [6, 6.07) is 13.9. The van der Waals surface area contributed by atoms with Crippen molar-refractivity contribution < 1.29 is 19.8 Å². The second-order valence-corrected chi connectivity index (χ2v) is 5.59. The smallest absolute Gasteiger partial charge is 0.252 e. The second kappa shape index (κ2) is 8.86. The monoisotopic (exact) mass is 369 g/mol. The summed E-state index contributed by atoms with van der Waals surface area (Å²) in [6.07, 6.45) is -1.24. The van der Waals surface area contributed by atoms with Crippen molar-refractivity contribution in [2.45, 2.75) is 26.5 Å². The number of nitrogens with one attached hydrogen (secondary N) is 2. The molecule has 0 saturated carbocycles. The van der Waals surface area contributed by atoms with E-state index in [4.69, 9.17) is 5.73 Å². The van der Waals surface area contributed by atoms with E-state index in [1.165, 1.54) is 18.2 Å². The molecule has 2 aromatic rings. The number of phenols is 1. The van der Waals surface area contributed by atoms with Crippen LogP contribution in [-0.4, -0.2) is 28.0 Å². The molecule has 1 aliphatic carbocycles. The van der Waals surface area contributed by atoms with Gasteiger partial charge < -0.3 is 26.6 Å². The van der Waals surface area contributed by atoms with E-state index >= 15 is 0 Å². The van der Waals surface area contributed by atoms with Crippen LogP contribution in [-0.2, 0) is 11.3 Å². The number of Topliss-reactive ketones (excluding diaryl/α,β-unsaturated/α-hetero) is 1. The van der Waals surface area contributed by atoms with Crippen LogP contribution in [0.2, 0.25) is 0 Å². The van der Waals surface area contributed by atoms with E-state index in [-0.39, 0.29) is 22.7 Å². The van der Waals surface area contributed by atoms with Gasteiger partial charge in [-0.2, -0.15) is 0 Å². The number of benzene rings is 2. The first kappa shape index (κ1) is 20.0. The van der Waals surface area contributed by atoms with Crippen LogP contribution in [0.25, 0.3) is 0 Å². The lowest BCUT2D eigenvalue weighted by Crippen LogP contribution is -2.45. The number of para-hydroxylation sites is 1. The summed E-state index contributed by atoms with van der Waals surface area (Å²) < 4.78 is 0. The van der Waals surface area contributed by atoms with Crippen molar-refractivity contribution in [1.82, 2.24) is 5.32 Å². The van der Waals surface area contributed by atoms with Crippen molar-refractivity contribution in [3.8, 4) is 5.75 Å². The molecular formula is C20H23N3O4. The number of rotatable bonds is 6. The third-order valence-corrected chi connectivity index (χ3v) is 3.92. The van der Waals surface area contributed by atoms with Gasteiger partial charge in [-0.1, -0.05) is 50.2 Å². The zero-order chi connectivity index (χ0) is 20.0. The molecule has 0 saturated heterocycles. The number of aromatic hydroxyl groups is 1. The number of aliphatic hydroxyl groups is 1. The van der Waals surface area contributed by atoms with E-state index < -0.39 is 17.8 Å². The fourth-order valence-electron chi connectivity index (χ4n) is 2.54. The maximum Gasteiger partial charge on any atom is 0.252 e. The molecule has 3 rings (SSSR count). The molecule has 0 radical (unpaired) electrons. The van der Waals surface area contributed by atoms with Gasteiger partial charge >= 0.3 is 0 Å². The SMILES string of the molecule is CC.NC(=O)c1cccc(NC2=C(NCc3ccccc3)C(O)C2=O)c1O. The number of anilines is 1. The first-order valence-electron chi connectivity index (χ1n) is 8.62. The van der Waals surface area contributed by atoms with Gasteiger partial charge in [0.1, 0.15) is 5.70 Å². The van der Waals surface area contributed by atoms with Gasteiger partial charge in [0.2, 0.25) is 5.78 Å². The standard InChI is InChI=1S/C18H17N3O4.C2H6/c19-18(25)11-7-4-8-12(15(11)22)21-14-13(16(23)17(14)24)20-9-10-5-2-1-3-6-10;1-2/h1-8,16,20-23H,9H2,(H2,19,25);1-2H3. The highest BCUT2D eigenvalue weighted by molar-refractivity contribution is 6.11. The van der Waals surface area contributed by atoms with Crippen molar-refractivity contribution in [3.05, 3.63) is 71.1 Å². The average Bonchev–Trinajstić information content (AvgIpc) is 2.70. The quantitative estimate of drug-likeness (QED) is 0.495. The van der Waals surface area contributed by atoms with Crippen LogP contribution in [0.5, 0.6) is 5.75 Å². The molecule has 2 aromatic carbocycles. The fourth-order valence-corrected chi connectivity index (χ4v) is 2.54. The number of hydrogen-bond acceptors (Lipinski definition) is 6. The third-order valence-electron chi connectivity index (χ3n) is 3.92. The number of amides is 1. The molecule has 7 heteroatoms. The molecule has 27 heavy (non-hydrogen) atoms. The molecular weight excluding hydrogens is 346 g/mol. The molecule has 142 valence electrons. The topological polar surface area (TPSA) is 125 Å². The van der Waals surface area contributed by atoms with Crippen LogP contribution in [0.4, 0.5) is 5.69 Å². The maximum absolute atomic E-state index is 11.9. The van der Waals surface area contributed by atoms with E-state index in [9.17, 15) is 19.8 Å². The lowest BCUT2D eigenvalue weighted by atomic mass is 9.94. The Morgan fingerprint density at radius 3 is 2.41 bits per heavy atom. The van der Waals surface area contributed by atoms with Gasteiger partial charge in [0.15, 0.2) is 11.9 Å². The van der Waals surface area contributed by atoms with E-state index in [2.05, 4.69) is 10.6 Å². The fraction of sp³-hybridized carbons (Fsp3) is 0.200. The molecule has 1 aliphatic rings. The zero-order valence-corrected chi connectivity index (χ0v) is 15.2. The van der Waals surface area contributed by atoms with Crippen LogP contribution >= 0.6 is 0 Å². The van der Waals surface area contributed by atoms with Crippen LogP contribution in [0.1, 0.15) is 29.8 Å². The Labute approximate surface area is 157 Å². The maximum atomic E-state index is 11.9. The molecule has 0 aromatic heterocycles. The molecule has 0 aliphatic heterocycles. The van der Waals surface area contributed by atoms with Gasteiger partial charge in [-0.25, -0.2) is 0 Å². The Kier molecular flexibility index (Phi) is 6.56. The van der Waals surface area contributed by atoms with E-state index in [1.54, 1.807) is 0 Å². The molecule has 1 amide bonds. The van der Waals surface area contributed by atoms with Crippen molar-refractivity contribution in [2.75, 3.05) is 5.32 Å². The highest BCUT2D eigenvalue weighted by Crippen LogP contribution is 2.32. The average molecular weight is 369 g/mol. The number of carbonyl (C=O) groups is 2. The summed E-state index contributed by atoms with van der Waals surface area (Å²) in [5.41, 5.74) is 6.75. The summed E-state index contributed by atoms with van der Waals surface area (Å²) in [5, 5.41) is 25.7. The van der Waals surface area contributed by atoms with Gasteiger partial charge in [-0.15, -0.1) is 0 Å². The highest BCUT2D eigenvalue weighted by atomic mass is 16.3. The van der Waals surface area contributed by atoms with Crippen LogP contribution in [0.15, 0.2) is 59.9 Å². The molecule has 0 heterocycles. The lowest BCUT2D eigenvalue weighted by Gasteiger charge is -2.30. The Morgan fingerprint density at radius 2 is 1.78 bits per heavy atom. The molecule has 6 N–H and O–H groups in total. The van der Waals surface area contributed by atoms with Crippen LogP contribution in [0.3, 0.4) is 0 Å². The minimum atomic E-state index is -1.24. The number of ketones is 1. The van der Waals surface area contributed by atoms with Crippen molar-refractivity contribution >= 4 is 17.4 Å². The normalized spacial score (nSPS) is 15.4. The largest absolute Gasteiger partial charge is 0.505 e. The van der Waals surface area contributed by atoms with Gasteiger partial charge in [0.05, 0.1) is 16.9 Å². The number of primary amides is 1. The second-order valence-electron chi connectivity index (χ2n) is 5.59. The molecule has 0 bridgehead atoms. The molecule has 7 nitrogen and oxygen atoms in total. The summed E-state index contributed by atoms with van der Waals surface area (Å²) in [7, 11) is 0. The van der Waals surface area contributed by atoms with Gasteiger partial charge in [-0.3, -0.25) is 9.59 Å². The van der Waals surface area contributed by atoms with Crippen molar-refractivity contribution in [2.24, 2.45) is 5.73 Å². The van der Waals surface area contributed by atoms with Crippen LogP contribution < -0.4 is 16.4 Å². The molecule has 0 fully saturated rings. The lowest BCUT2D eigenvalue weighted by molar-refractivity contribution is -0.124. The van der Waals surface area contributed by atoms with Crippen LogP contribution in [0, 0.1) is 0 Å². The predicted octanol–water partition coefficient (Wildman–Crippen LogP) is 1.87. The Hall–Kier alpha value is -3.32. The zero-order valence-electron chi connectivity index (χ0n) is 15.2. The van der Waals surface area contributed by atoms with Crippen molar-refractivity contribution in [3.63, 3.8) is 0 Å². The van der Waals surface area contributed by atoms with Gasteiger partial charge in [0.25, 0.3) is 5.91 Å². The van der Waals surface area contributed by atoms with E-state index in [1.807, 2.05) is 44.2 Å². The molecule has 0 spiro atoms. The minimum absolute atomic E-state index is 0.0586. The highest BCUT2D eigenvalue weighted by Gasteiger charge is 2.38. The predicted molar refractivity (Wildman–Crippen MR) is 103 cm³/mol. The van der Waals surface area contributed by atoms with Gasteiger partial charge in [0, 0.05) is 6.54 Å². The summed E-state index contributed by atoms with van der Waals surface area (Å²) in [5.74, 6) is -1.63. The third kappa shape index (κ3) is 4.27. The number of carbonyl (C=O) groups excluding carboxylic acids is 2. The summed E-state index contributed by atoms with van der Waals surface area (Å²) in [6.45, 7) is 4.43. The van der Waals surface area contributed by atoms with Crippen molar-refractivity contribution in [1.29, 1.82) is 0 Å². The number of aliphatic hydroxyl groups excluding tert-OH is 1. The summed E-state index contributed by atoms with van der Waals surface area (Å²) >= 11 is 0. The first-order valence-corrected chi connectivity index (χ1v) is 8.62. The van der Waals surface area contributed by atoms with E-state index in [0.29, 0.717) is 12.2 Å². The minimum Gasteiger partial charge on any atom is -0.505 e. The van der Waals surface area contributed by atoms with E-state index in [0.717, 1.165) is 5.56 Å². The Bertz CT molecular complexity index is 863. The summed E-state index contributed by atoms with van der Waals surface area (Å²) in [4.78, 5) is 23.2. The Balaban J connectivity index is 0.00000126. The van der Waals surface area contributed by atoms with Gasteiger partial charge in [-0.05, 0) is 17.7 Å². The molecule has 1 atom stereocenters. The molecule has 1 unspecified atom stereocenters. The first-order chi connectivity index (χ1) is 13.0. The number of hydrogen-bond donors (Lipinski definition) is 5.